The van der Waals surface area contributed by atoms with Gasteiger partial charge in [0, 0.05) is 34.6 Å². The first kappa shape index (κ1) is 29.9. The van der Waals surface area contributed by atoms with Gasteiger partial charge in [-0.25, -0.2) is 8.42 Å². The van der Waals surface area contributed by atoms with Crippen molar-refractivity contribution in [3.8, 4) is 0 Å². The molecule has 0 saturated heterocycles. The first-order valence-electron chi connectivity index (χ1n) is 13.2. The summed E-state index contributed by atoms with van der Waals surface area (Å²) in [5, 5.41) is 3.83. The molecule has 0 spiro atoms. The summed E-state index contributed by atoms with van der Waals surface area (Å²) in [6.45, 7) is -0.563. The summed E-state index contributed by atoms with van der Waals surface area (Å²) >= 11 is 13.0. The SMILES string of the molecule is CS(=O)(=O)N(CC(=O)N(Cc1c(Cl)cccc1Cl)C(Cc1ccccc1)C(=O)NC1CCCC1)c1ccccc1. The molecule has 0 radical (unpaired) electrons. The Morgan fingerprint density at radius 1 is 0.900 bits per heavy atom. The fourth-order valence-corrected chi connectivity index (χ4v) is 6.35. The molecule has 1 saturated carbocycles. The third kappa shape index (κ3) is 7.77. The summed E-state index contributed by atoms with van der Waals surface area (Å²) in [5.41, 5.74) is 1.70. The molecular weight excluding hydrogens is 569 g/mol. The smallest absolute Gasteiger partial charge is 0.244 e. The van der Waals surface area contributed by atoms with Crippen molar-refractivity contribution in [1.29, 1.82) is 0 Å². The van der Waals surface area contributed by atoms with Gasteiger partial charge in [-0.2, -0.15) is 0 Å². The number of sulfonamides is 1. The second-order valence-corrected chi connectivity index (χ2v) is 12.7. The van der Waals surface area contributed by atoms with Crippen molar-refractivity contribution in [1.82, 2.24) is 10.2 Å². The molecule has 0 aliphatic heterocycles. The van der Waals surface area contributed by atoms with E-state index < -0.39 is 28.5 Å². The van der Waals surface area contributed by atoms with Crippen LogP contribution in [0.2, 0.25) is 10.0 Å². The molecule has 1 unspecified atom stereocenters. The quantitative estimate of drug-likeness (QED) is 0.316. The van der Waals surface area contributed by atoms with E-state index in [1.165, 1.54) is 4.90 Å². The first-order valence-corrected chi connectivity index (χ1v) is 15.8. The van der Waals surface area contributed by atoms with Crippen LogP contribution in [-0.4, -0.2) is 50.0 Å². The highest BCUT2D eigenvalue weighted by molar-refractivity contribution is 7.92. The Morgan fingerprint density at radius 3 is 2.05 bits per heavy atom. The fourth-order valence-electron chi connectivity index (χ4n) is 4.98. The number of rotatable bonds is 11. The summed E-state index contributed by atoms with van der Waals surface area (Å²) in [5.74, 6) is -0.842. The molecule has 1 atom stereocenters. The molecule has 10 heteroatoms. The Bertz CT molecular complexity index is 1400. The molecule has 7 nitrogen and oxygen atoms in total. The molecule has 0 heterocycles. The molecule has 212 valence electrons. The molecule has 2 amide bonds. The Balaban J connectivity index is 1.75. The standard InChI is InChI=1S/C30H33Cl2N3O4S/c1-40(38,39)35(24-15-6-3-7-16-24)21-29(36)34(20-25-26(31)17-10-18-27(25)32)28(19-22-11-4-2-5-12-22)30(37)33-23-13-8-9-14-23/h2-7,10-12,15-18,23,28H,8-9,13-14,19-21H2,1H3,(H,33,37). The second kappa shape index (κ2) is 13.5. The number of carbonyl (C=O) groups excluding carboxylic acids is 2. The van der Waals surface area contributed by atoms with Gasteiger partial charge in [0.2, 0.25) is 21.8 Å². The number of hydrogen-bond donors (Lipinski definition) is 1. The van der Waals surface area contributed by atoms with Gasteiger partial charge in [-0.05, 0) is 42.7 Å². The minimum absolute atomic E-state index is 0.0310. The van der Waals surface area contributed by atoms with E-state index in [1.807, 2.05) is 30.3 Å². The maximum Gasteiger partial charge on any atom is 0.244 e. The number of benzene rings is 3. The topological polar surface area (TPSA) is 86.8 Å². The molecule has 0 aromatic heterocycles. The minimum atomic E-state index is -3.83. The summed E-state index contributed by atoms with van der Waals surface area (Å²) in [4.78, 5) is 29.4. The second-order valence-electron chi connectivity index (χ2n) is 10.0. The fraction of sp³-hybridized carbons (Fsp3) is 0.333. The molecule has 1 aliphatic rings. The highest BCUT2D eigenvalue weighted by atomic mass is 35.5. The van der Waals surface area contributed by atoms with Gasteiger partial charge in [0.05, 0.1) is 11.9 Å². The molecule has 0 bridgehead atoms. The highest BCUT2D eigenvalue weighted by Gasteiger charge is 2.34. The van der Waals surface area contributed by atoms with E-state index in [9.17, 15) is 18.0 Å². The predicted molar refractivity (Wildman–Crippen MR) is 160 cm³/mol. The van der Waals surface area contributed by atoms with Crippen molar-refractivity contribution in [3.63, 3.8) is 0 Å². The molecule has 4 rings (SSSR count). The lowest BCUT2D eigenvalue weighted by Crippen LogP contribution is -2.54. The van der Waals surface area contributed by atoms with Gasteiger partial charge in [0.1, 0.15) is 12.6 Å². The maximum atomic E-state index is 14.1. The van der Waals surface area contributed by atoms with Crippen LogP contribution in [0.4, 0.5) is 5.69 Å². The van der Waals surface area contributed by atoms with Gasteiger partial charge < -0.3 is 10.2 Å². The lowest BCUT2D eigenvalue weighted by molar-refractivity contribution is -0.140. The van der Waals surface area contributed by atoms with Gasteiger partial charge >= 0.3 is 0 Å². The van der Waals surface area contributed by atoms with Crippen LogP contribution < -0.4 is 9.62 Å². The van der Waals surface area contributed by atoms with Crippen LogP contribution in [0.25, 0.3) is 0 Å². The van der Waals surface area contributed by atoms with Crippen LogP contribution in [0.15, 0.2) is 78.9 Å². The summed E-state index contributed by atoms with van der Waals surface area (Å²) in [6, 6.07) is 22.0. The zero-order valence-corrected chi connectivity index (χ0v) is 24.6. The molecule has 1 fully saturated rings. The average molecular weight is 603 g/mol. The number of amides is 2. The van der Waals surface area contributed by atoms with E-state index in [0.717, 1.165) is 41.8 Å². The summed E-state index contributed by atoms with van der Waals surface area (Å²) < 4.78 is 26.7. The average Bonchev–Trinajstić information content (AvgIpc) is 3.44. The van der Waals surface area contributed by atoms with Crippen molar-refractivity contribution in [3.05, 3.63) is 100 Å². The third-order valence-corrected chi connectivity index (χ3v) is 8.93. The number of nitrogens with zero attached hydrogens (tertiary/aromatic N) is 2. The van der Waals surface area contributed by atoms with E-state index in [-0.39, 0.29) is 24.9 Å². The lowest BCUT2D eigenvalue weighted by atomic mass is 10.0. The van der Waals surface area contributed by atoms with Crippen LogP contribution >= 0.6 is 23.2 Å². The van der Waals surface area contributed by atoms with E-state index >= 15 is 0 Å². The zero-order chi connectivity index (χ0) is 28.7. The van der Waals surface area contributed by atoms with Crippen LogP contribution in [-0.2, 0) is 32.6 Å². The normalized spacial score (nSPS) is 14.5. The van der Waals surface area contributed by atoms with Crippen LogP contribution in [0.3, 0.4) is 0 Å². The van der Waals surface area contributed by atoms with Gasteiger partial charge in [0.25, 0.3) is 0 Å². The van der Waals surface area contributed by atoms with Crippen molar-refractivity contribution < 1.29 is 18.0 Å². The Labute approximate surface area is 246 Å². The third-order valence-electron chi connectivity index (χ3n) is 7.09. The van der Waals surface area contributed by atoms with Gasteiger partial charge in [-0.1, -0.05) is 90.6 Å². The van der Waals surface area contributed by atoms with E-state index in [0.29, 0.717) is 21.3 Å². The van der Waals surface area contributed by atoms with Crippen molar-refractivity contribution in [2.45, 2.75) is 50.7 Å². The maximum absolute atomic E-state index is 14.1. The minimum Gasteiger partial charge on any atom is -0.352 e. The van der Waals surface area contributed by atoms with Gasteiger partial charge in [-0.3, -0.25) is 13.9 Å². The van der Waals surface area contributed by atoms with Crippen LogP contribution in [0, 0.1) is 0 Å². The van der Waals surface area contributed by atoms with Crippen molar-refractivity contribution >= 4 is 50.7 Å². The molecule has 1 aliphatic carbocycles. The number of para-hydroxylation sites is 1. The van der Waals surface area contributed by atoms with Crippen LogP contribution in [0.1, 0.15) is 36.8 Å². The van der Waals surface area contributed by atoms with E-state index in [1.54, 1.807) is 48.5 Å². The molecule has 40 heavy (non-hydrogen) atoms. The van der Waals surface area contributed by atoms with E-state index in [4.69, 9.17) is 23.2 Å². The monoisotopic (exact) mass is 601 g/mol. The Kier molecular flexibility index (Phi) is 10.1. The number of halogens is 2. The first-order chi connectivity index (χ1) is 19.1. The number of nitrogens with one attached hydrogen (secondary N) is 1. The van der Waals surface area contributed by atoms with Crippen molar-refractivity contribution in [2.75, 3.05) is 17.1 Å². The molecule has 3 aromatic carbocycles. The van der Waals surface area contributed by atoms with Gasteiger partial charge in [0.15, 0.2) is 0 Å². The highest BCUT2D eigenvalue weighted by Crippen LogP contribution is 2.28. The molecular formula is C30H33Cl2N3O4S. The van der Waals surface area contributed by atoms with Crippen molar-refractivity contribution in [2.24, 2.45) is 0 Å². The predicted octanol–water partition coefficient (Wildman–Crippen LogP) is 5.46. The number of hydrogen-bond acceptors (Lipinski definition) is 4. The molecule has 3 aromatic rings. The Morgan fingerprint density at radius 2 is 1.48 bits per heavy atom. The van der Waals surface area contributed by atoms with E-state index in [2.05, 4.69) is 5.32 Å². The number of carbonyl (C=O) groups is 2. The zero-order valence-electron chi connectivity index (χ0n) is 22.3. The largest absolute Gasteiger partial charge is 0.352 e. The molecule has 1 N–H and O–H groups in total. The Hall–Kier alpha value is -3.07. The van der Waals surface area contributed by atoms with Crippen LogP contribution in [0.5, 0.6) is 0 Å². The lowest BCUT2D eigenvalue weighted by Gasteiger charge is -2.34. The summed E-state index contributed by atoms with van der Waals surface area (Å²) in [6.07, 6.45) is 5.11. The number of anilines is 1. The summed E-state index contributed by atoms with van der Waals surface area (Å²) in [7, 11) is -3.83. The van der Waals surface area contributed by atoms with Gasteiger partial charge in [-0.15, -0.1) is 0 Å².